The van der Waals surface area contributed by atoms with E-state index in [4.69, 9.17) is 12.2 Å². The lowest BCUT2D eigenvalue weighted by Gasteiger charge is -2.14. The largest absolute Gasteiger partial charge is 0.378 e. The van der Waals surface area contributed by atoms with Crippen molar-refractivity contribution in [1.29, 1.82) is 0 Å². The minimum atomic E-state index is -0.295. The number of aromatic amines is 1. The quantitative estimate of drug-likeness (QED) is 0.723. The van der Waals surface area contributed by atoms with Gasteiger partial charge in [-0.3, -0.25) is 4.57 Å². The molecule has 0 aliphatic heterocycles. The van der Waals surface area contributed by atoms with Crippen LogP contribution >= 0.6 is 12.2 Å². The van der Waals surface area contributed by atoms with Gasteiger partial charge in [-0.2, -0.15) is 0 Å². The van der Waals surface area contributed by atoms with Crippen molar-refractivity contribution in [3.05, 3.63) is 53.1 Å². The van der Waals surface area contributed by atoms with E-state index in [0.29, 0.717) is 10.3 Å². The summed E-state index contributed by atoms with van der Waals surface area (Å²) < 4.78 is 16.1. The Bertz CT molecular complexity index is 832. The summed E-state index contributed by atoms with van der Waals surface area (Å²) in [6, 6.07) is 12.9. The van der Waals surface area contributed by atoms with Gasteiger partial charge < -0.3 is 9.88 Å². The number of H-pyrrole nitrogens is 1. The molecule has 0 atom stereocenters. The van der Waals surface area contributed by atoms with Crippen molar-refractivity contribution in [2.24, 2.45) is 0 Å². The first-order valence-corrected chi connectivity index (χ1v) is 6.66. The molecule has 5 heteroatoms. The van der Waals surface area contributed by atoms with E-state index in [1.807, 2.05) is 53.9 Å². The van der Waals surface area contributed by atoms with Crippen LogP contribution in [0.5, 0.6) is 0 Å². The molecule has 0 fully saturated rings. The van der Waals surface area contributed by atoms with E-state index in [-0.39, 0.29) is 5.82 Å². The molecule has 3 aromatic rings. The molecule has 0 aliphatic rings. The predicted octanol–water partition coefficient (Wildman–Crippen LogP) is 3.89. The number of hydrogen-bond acceptors (Lipinski definition) is 2. The third-order valence-corrected chi connectivity index (χ3v) is 3.56. The van der Waals surface area contributed by atoms with Crippen LogP contribution < -0.4 is 4.90 Å². The Kier molecular flexibility index (Phi) is 3.06. The standard InChI is InChI=1S/C15H14FN3S/c1-18(2)10-5-3-6-11(9-10)19-13-8-4-7-12(16)14(13)17-15(19)20/h3-9H,1-2H3,(H,17,20). The molecule has 0 spiro atoms. The van der Waals surface area contributed by atoms with Crippen molar-refractivity contribution in [2.45, 2.75) is 0 Å². The normalized spacial score (nSPS) is 10.9. The zero-order chi connectivity index (χ0) is 14.3. The summed E-state index contributed by atoms with van der Waals surface area (Å²) in [5.74, 6) is -0.295. The van der Waals surface area contributed by atoms with Crippen molar-refractivity contribution in [3.63, 3.8) is 0 Å². The second-order valence-corrected chi connectivity index (χ2v) is 5.20. The molecule has 2 aromatic carbocycles. The molecule has 0 amide bonds. The summed E-state index contributed by atoms with van der Waals surface area (Å²) in [6.07, 6.45) is 0. The fourth-order valence-corrected chi connectivity index (χ4v) is 2.57. The van der Waals surface area contributed by atoms with Crippen molar-refractivity contribution in [3.8, 4) is 5.69 Å². The van der Waals surface area contributed by atoms with Crippen LogP contribution in [0.3, 0.4) is 0 Å². The lowest BCUT2D eigenvalue weighted by Crippen LogP contribution is -2.09. The van der Waals surface area contributed by atoms with Crippen molar-refractivity contribution in [1.82, 2.24) is 9.55 Å². The highest BCUT2D eigenvalue weighted by Gasteiger charge is 2.10. The maximum Gasteiger partial charge on any atom is 0.182 e. The minimum Gasteiger partial charge on any atom is -0.378 e. The van der Waals surface area contributed by atoms with E-state index >= 15 is 0 Å². The Labute approximate surface area is 121 Å². The predicted molar refractivity (Wildman–Crippen MR) is 82.7 cm³/mol. The van der Waals surface area contributed by atoms with Gasteiger partial charge in [-0.05, 0) is 42.5 Å². The molecule has 0 saturated carbocycles. The molecule has 0 bridgehead atoms. The third-order valence-electron chi connectivity index (χ3n) is 3.27. The molecule has 102 valence electrons. The zero-order valence-electron chi connectivity index (χ0n) is 11.2. The Morgan fingerprint density at radius 1 is 1.15 bits per heavy atom. The lowest BCUT2D eigenvalue weighted by molar-refractivity contribution is 0.637. The van der Waals surface area contributed by atoms with Gasteiger partial charge >= 0.3 is 0 Å². The Morgan fingerprint density at radius 2 is 1.90 bits per heavy atom. The van der Waals surface area contributed by atoms with E-state index in [1.165, 1.54) is 6.07 Å². The molecular formula is C15H14FN3S. The first kappa shape index (κ1) is 12.9. The first-order valence-electron chi connectivity index (χ1n) is 6.25. The number of halogens is 1. The first-order chi connectivity index (χ1) is 9.58. The molecule has 20 heavy (non-hydrogen) atoms. The van der Waals surface area contributed by atoms with E-state index in [9.17, 15) is 4.39 Å². The topological polar surface area (TPSA) is 24.0 Å². The van der Waals surface area contributed by atoms with Crippen molar-refractivity contribution in [2.75, 3.05) is 19.0 Å². The van der Waals surface area contributed by atoms with Crippen LogP contribution in [0.15, 0.2) is 42.5 Å². The second kappa shape index (κ2) is 4.76. The Balaban J connectivity index is 2.30. The summed E-state index contributed by atoms with van der Waals surface area (Å²) >= 11 is 5.33. The van der Waals surface area contributed by atoms with E-state index in [2.05, 4.69) is 4.98 Å². The molecular weight excluding hydrogens is 273 g/mol. The van der Waals surface area contributed by atoms with Crippen molar-refractivity contribution >= 4 is 28.9 Å². The summed E-state index contributed by atoms with van der Waals surface area (Å²) in [4.78, 5) is 4.95. The number of rotatable bonds is 2. The summed E-state index contributed by atoms with van der Waals surface area (Å²) in [5.41, 5.74) is 3.16. The van der Waals surface area contributed by atoms with Crippen LogP contribution in [0.1, 0.15) is 0 Å². The van der Waals surface area contributed by atoms with Crippen LogP contribution in [0.25, 0.3) is 16.7 Å². The maximum atomic E-state index is 13.8. The molecule has 0 unspecified atom stereocenters. The zero-order valence-corrected chi connectivity index (χ0v) is 12.0. The highest BCUT2D eigenvalue weighted by atomic mass is 32.1. The Hall–Kier alpha value is -2.14. The van der Waals surface area contributed by atoms with Crippen LogP contribution in [0, 0.1) is 10.6 Å². The van der Waals surface area contributed by atoms with Crippen LogP contribution in [0.2, 0.25) is 0 Å². The second-order valence-electron chi connectivity index (χ2n) is 4.81. The maximum absolute atomic E-state index is 13.8. The molecule has 1 heterocycles. The average Bonchev–Trinajstić information content (AvgIpc) is 2.77. The number of para-hydroxylation sites is 1. The van der Waals surface area contributed by atoms with Crippen molar-refractivity contribution < 1.29 is 4.39 Å². The number of aromatic nitrogens is 2. The smallest absolute Gasteiger partial charge is 0.182 e. The fourth-order valence-electron chi connectivity index (χ4n) is 2.26. The number of imidazole rings is 1. The SMILES string of the molecule is CN(C)c1cccc(-n2c(=S)[nH]c3c(F)cccc32)c1. The van der Waals surface area contributed by atoms with Gasteiger partial charge in [0.1, 0.15) is 11.3 Å². The number of anilines is 1. The average molecular weight is 287 g/mol. The van der Waals surface area contributed by atoms with Gasteiger partial charge in [-0.15, -0.1) is 0 Å². The highest BCUT2D eigenvalue weighted by Crippen LogP contribution is 2.24. The highest BCUT2D eigenvalue weighted by molar-refractivity contribution is 7.71. The number of hydrogen-bond donors (Lipinski definition) is 1. The van der Waals surface area contributed by atoms with Gasteiger partial charge in [0.25, 0.3) is 0 Å². The van der Waals surface area contributed by atoms with E-state index < -0.39 is 0 Å². The molecule has 0 saturated heterocycles. The number of nitrogens with one attached hydrogen (secondary N) is 1. The molecule has 1 aromatic heterocycles. The monoisotopic (exact) mass is 287 g/mol. The van der Waals surface area contributed by atoms with E-state index in [0.717, 1.165) is 16.9 Å². The van der Waals surface area contributed by atoms with Gasteiger partial charge in [0.05, 0.1) is 11.2 Å². The van der Waals surface area contributed by atoms with Crippen LogP contribution in [-0.2, 0) is 0 Å². The fraction of sp³-hybridized carbons (Fsp3) is 0.133. The summed E-state index contributed by atoms with van der Waals surface area (Å²) in [5, 5.41) is 0. The number of nitrogens with zero attached hydrogens (tertiary/aromatic N) is 2. The molecule has 0 aliphatic carbocycles. The summed E-state index contributed by atoms with van der Waals surface area (Å²) in [6.45, 7) is 0. The lowest BCUT2D eigenvalue weighted by atomic mass is 10.2. The molecule has 1 N–H and O–H groups in total. The van der Waals surface area contributed by atoms with Gasteiger partial charge in [-0.1, -0.05) is 12.1 Å². The van der Waals surface area contributed by atoms with Crippen LogP contribution in [-0.4, -0.2) is 23.6 Å². The third kappa shape index (κ3) is 2.00. The number of fused-ring (bicyclic) bond motifs is 1. The van der Waals surface area contributed by atoms with Gasteiger partial charge in [0.2, 0.25) is 0 Å². The van der Waals surface area contributed by atoms with Gasteiger partial charge in [0, 0.05) is 19.8 Å². The van der Waals surface area contributed by atoms with E-state index in [1.54, 1.807) is 6.07 Å². The molecule has 0 radical (unpaired) electrons. The van der Waals surface area contributed by atoms with Gasteiger partial charge in [0.15, 0.2) is 4.77 Å². The molecule has 3 rings (SSSR count). The minimum absolute atomic E-state index is 0.295. The van der Waals surface area contributed by atoms with Crippen LogP contribution in [0.4, 0.5) is 10.1 Å². The number of benzene rings is 2. The molecule has 3 nitrogen and oxygen atoms in total. The van der Waals surface area contributed by atoms with Gasteiger partial charge in [-0.25, -0.2) is 4.39 Å². The Morgan fingerprint density at radius 3 is 2.65 bits per heavy atom. The summed E-state index contributed by atoms with van der Waals surface area (Å²) in [7, 11) is 3.96.